The summed E-state index contributed by atoms with van der Waals surface area (Å²) in [6, 6.07) is 20.3. The van der Waals surface area contributed by atoms with Crippen molar-refractivity contribution >= 4 is 34.6 Å². The van der Waals surface area contributed by atoms with Crippen molar-refractivity contribution in [2.24, 2.45) is 11.5 Å². The number of anilines is 2. The van der Waals surface area contributed by atoms with E-state index in [1.54, 1.807) is 36.4 Å². The minimum Gasteiger partial charge on any atom is -0.490 e. The van der Waals surface area contributed by atoms with Gasteiger partial charge in [0.2, 0.25) is 0 Å². The van der Waals surface area contributed by atoms with Gasteiger partial charge in [-0.05, 0) is 48.2 Å². The van der Waals surface area contributed by atoms with Crippen LogP contribution in [0.1, 0.15) is 80.2 Å². The van der Waals surface area contributed by atoms with Crippen LogP contribution < -0.4 is 41.4 Å². The molecule has 0 fully saturated rings. The van der Waals surface area contributed by atoms with Crippen molar-refractivity contribution in [2.75, 3.05) is 37.1 Å². The Morgan fingerprint density at radius 1 is 0.673 bits per heavy atom. The molecule has 8 rings (SSSR count). The van der Waals surface area contributed by atoms with Crippen LogP contribution in [-0.2, 0) is 0 Å². The molecule has 4 heterocycles. The summed E-state index contributed by atoms with van der Waals surface area (Å²) in [7, 11) is 2.78. The third kappa shape index (κ3) is 5.76. The molecule has 4 aliphatic rings. The van der Waals surface area contributed by atoms with E-state index in [0.717, 1.165) is 35.3 Å². The standard InChI is InChI=1S/2C18H18N4O4/c2*1-26-15-6-5-10(9-14(15)22(24)25)17-20-18(23)12-4-2-3-11-13(19)7-8-21(17)16(11)12/h2*2-6,9,13,17H,7-8,19H2,1H3,(H,20,23)/t2*13-,17+/m10/s1. The number of amides is 2. The van der Waals surface area contributed by atoms with Crippen LogP contribution in [0, 0.1) is 20.2 Å². The van der Waals surface area contributed by atoms with Crippen molar-refractivity contribution in [3.63, 3.8) is 0 Å². The number of rotatable bonds is 6. The SMILES string of the molecule is COc1ccc([C@@H]2NC(=O)c3cccc4c3N2CC[C@@H]4N)cc1[N+](=O)[O-].COc1ccc([C@H]2NC(=O)c3cccc4c3N2CC[C@H]4N)cc1[N+](=O)[O-]. The summed E-state index contributed by atoms with van der Waals surface area (Å²) in [6.07, 6.45) is 0.490. The molecule has 0 saturated heterocycles. The summed E-state index contributed by atoms with van der Waals surface area (Å²) in [5.41, 5.74) is 18.1. The second kappa shape index (κ2) is 13.5. The van der Waals surface area contributed by atoms with Crippen LogP contribution >= 0.6 is 0 Å². The molecule has 4 aliphatic heterocycles. The monoisotopic (exact) mass is 708 g/mol. The van der Waals surface area contributed by atoms with Crippen molar-refractivity contribution in [3.05, 3.63) is 126 Å². The van der Waals surface area contributed by atoms with Gasteiger partial charge in [0.1, 0.15) is 12.3 Å². The smallest absolute Gasteiger partial charge is 0.311 e. The van der Waals surface area contributed by atoms with Crippen LogP contribution in [0.2, 0.25) is 0 Å². The second-order valence-electron chi connectivity index (χ2n) is 12.8. The number of nitrogens with two attached hydrogens (primary N) is 2. The largest absolute Gasteiger partial charge is 0.490 e. The lowest BCUT2D eigenvalue weighted by molar-refractivity contribution is -0.386. The van der Waals surface area contributed by atoms with Gasteiger partial charge in [-0.2, -0.15) is 0 Å². The zero-order valence-electron chi connectivity index (χ0n) is 28.3. The van der Waals surface area contributed by atoms with Gasteiger partial charge in [0.15, 0.2) is 11.5 Å². The lowest BCUT2D eigenvalue weighted by atomic mass is 9.90. The highest BCUT2D eigenvalue weighted by atomic mass is 16.6. The molecule has 4 aromatic carbocycles. The first-order valence-corrected chi connectivity index (χ1v) is 16.6. The molecule has 0 saturated carbocycles. The summed E-state index contributed by atoms with van der Waals surface area (Å²) in [4.78, 5) is 51.1. The van der Waals surface area contributed by atoms with E-state index >= 15 is 0 Å². The normalized spacial score (nSPS) is 21.0. The number of methoxy groups -OCH3 is 2. The lowest BCUT2D eigenvalue weighted by Crippen LogP contribution is -2.49. The van der Waals surface area contributed by atoms with E-state index in [9.17, 15) is 29.8 Å². The molecule has 2 amide bonds. The number of para-hydroxylation sites is 2. The topological polar surface area (TPSA) is 221 Å². The fraction of sp³-hybridized carbons (Fsp3) is 0.278. The average molecular weight is 709 g/mol. The molecule has 4 aromatic rings. The number of nitro groups is 2. The highest BCUT2D eigenvalue weighted by molar-refractivity contribution is 6.04. The zero-order chi connectivity index (χ0) is 36.8. The lowest BCUT2D eigenvalue weighted by Gasteiger charge is -2.44. The van der Waals surface area contributed by atoms with E-state index in [1.165, 1.54) is 26.4 Å². The first kappa shape index (κ1) is 34.2. The number of nitrogens with one attached hydrogen (secondary N) is 2. The number of hydrogen-bond donors (Lipinski definition) is 4. The first-order chi connectivity index (χ1) is 25.0. The van der Waals surface area contributed by atoms with Gasteiger partial charge in [0, 0.05) is 48.4 Å². The fourth-order valence-corrected chi connectivity index (χ4v) is 7.46. The molecule has 0 bridgehead atoms. The maximum Gasteiger partial charge on any atom is 0.311 e. The maximum absolute atomic E-state index is 12.6. The summed E-state index contributed by atoms with van der Waals surface area (Å²) in [5.74, 6) is -0.0587. The molecule has 0 radical (unpaired) electrons. The number of carbonyl (C=O) groups is 2. The molecule has 0 aromatic heterocycles. The Hall–Kier alpha value is -6.26. The van der Waals surface area contributed by atoms with Crippen molar-refractivity contribution in [1.29, 1.82) is 0 Å². The number of nitro benzene ring substituents is 2. The molecule has 16 heteroatoms. The highest BCUT2D eigenvalue weighted by Crippen LogP contribution is 2.44. The number of ether oxygens (including phenoxy) is 2. The van der Waals surface area contributed by atoms with E-state index < -0.39 is 22.2 Å². The van der Waals surface area contributed by atoms with Gasteiger partial charge in [0.05, 0.1) is 46.6 Å². The van der Waals surface area contributed by atoms with E-state index in [4.69, 9.17) is 20.9 Å². The number of benzene rings is 4. The molecular formula is C36H36N8O8. The predicted molar refractivity (Wildman–Crippen MR) is 190 cm³/mol. The van der Waals surface area contributed by atoms with Gasteiger partial charge in [-0.1, -0.05) is 36.4 Å². The molecule has 0 aliphatic carbocycles. The van der Waals surface area contributed by atoms with Gasteiger partial charge < -0.3 is 41.4 Å². The zero-order valence-corrected chi connectivity index (χ0v) is 28.3. The average Bonchev–Trinajstić information content (AvgIpc) is 3.15. The third-order valence-corrected chi connectivity index (χ3v) is 9.95. The molecule has 52 heavy (non-hydrogen) atoms. The molecule has 6 N–H and O–H groups in total. The Balaban J connectivity index is 0.000000162. The van der Waals surface area contributed by atoms with Gasteiger partial charge >= 0.3 is 11.4 Å². The van der Waals surface area contributed by atoms with Gasteiger partial charge in [-0.3, -0.25) is 29.8 Å². The van der Waals surface area contributed by atoms with Crippen LogP contribution in [-0.4, -0.2) is 49.0 Å². The van der Waals surface area contributed by atoms with Gasteiger partial charge in [-0.25, -0.2) is 0 Å². The Morgan fingerprint density at radius 2 is 1.08 bits per heavy atom. The molecule has 4 atom stereocenters. The maximum atomic E-state index is 12.6. The van der Waals surface area contributed by atoms with Crippen molar-refractivity contribution < 1.29 is 28.9 Å². The van der Waals surface area contributed by atoms with E-state index in [-0.39, 0.29) is 46.8 Å². The Morgan fingerprint density at radius 3 is 1.44 bits per heavy atom. The van der Waals surface area contributed by atoms with Crippen molar-refractivity contribution in [3.8, 4) is 11.5 Å². The van der Waals surface area contributed by atoms with E-state index in [1.807, 2.05) is 24.3 Å². The Bertz CT molecular complexity index is 1980. The van der Waals surface area contributed by atoms with Gasteiger partial charge in [-0.15, -0.1) is 0 Å². The molecular weight excluding hydrogens is 672 g/mol. The summed E-state index contributed by atoms with van der Waals surface area (Å²) in [6.45, 7) is 1.30. The highest BCUT2D eigenvalue weighted by Gasteiger charge is 2.39. The summed E-state index contributed by atoms with van der Waals surface area (Å²) < 4.78 is 10.1. The van der Waals surface area contributed by atoms with Crippen LogP contribution in [0.5, 0.6) is 11.5 Å². The predicted octanol–water partition coefficient (Wildman–Crippen LogP) is 4.51. The number of hydrogen-bond acceptors (Lipinski definition) is 12. The Kier molecular flexibility index (Phi) is 8.85. The minimum atomic E-state index is -0.492. The number of carbonyl (C=O) groups excluding carboxylic acids is 2. The number of nitrogens with zero attached hydrogens (tertiary/aromatic N) is 4. The summed E-state index contributed by atoms with van der Waals surface area (Å²) >= 11 is 0. The van der Waals surface area contributed by atoms with Crippen LogP contribution in [0.25, 0.3) is 0 Å². The molecule has 268 valence electrons. The minimum absolute atomic E-state index is 0.127. The van der Waals surface area contributed by atoms with Crippen LogP contribution in [0.15, 0.2) is 72.8 Å². The van der Waals surface area contributed by atoms with Crippen molar-refractivity contribution in [2.45, 2.75) is 37.3 Å². The first-order valence-electron chi connectivity index (χ1n) is 16.6. The molecule has 0 spiro atoms. The summed E-state index contributed by atoms with van der Waals surface area (Å²) in [5, 5.41) is 28.6. The van der Waals surface area contributed by atoms with E-state index in [0.29, 0.717) is 35.3 Å². The Labute approximate surface area is 297 Å². The quantitative estimate of drug-likeness (QED) is 0.161. The van der Waals surface area contributed by atoms with Gasteiger partial charge in [0.25, 0.3) is 11.8 Å². The van der Waals surface area contributed by atoms with Crippen molar-refractivity contribution in [1.82, 2.24) is 10.6 Å². The molecule has 16 nitrogen and oxygen atoms in total. The van der Waals surface area contributed by atoms with Crippen LogP contribution in [0.3, 0.4) is 0 Å². The van der Waals surface area contributed by atoms with E-state index in [2.05, 4.69) is 20.4 Å². The van der Waals surface area contributed by atoms with Crippen LogP contribution in [0.4, 0.5) is 22.7 Å². The molecule has 0 unspecified atom stereocenters. The second-order valence-corrected chi connectivity index (χ2v) is 12.8. The third-order valence-electron chi connectivity index (χ3n) is 9.95. The fourth-order valence-electron chi connectivity index (χ4n) is 7.46.